The summed E-state index contributed by atoms with van der Waals surface area (Å²) < 4.78 is 1.76. The average Bonchev–Trinajstić information content (AvgIpc) is 2.57. The van der Waals surface area contributed by atoms with E-state index in [2.05, 4.69) is 18.9 Å². The molecule has 0 saturated heterocycles. The fraction of sp³-hybridized carbons (Fsp3) is 0.700. The Hall–Kier alpha value is -0.830. The summed E-state index contributed by atoms with van der Waals surface area (Å²) in [7, 11) is 0. The Morgan fingerprint density at radius 2 is 2.08 bits per heavy atom. The lowest BCUT2D eigenvalue weighted by Crippen LogP contribution is -2.01. The van der Waals surface area contributed by atoms with Crippen molar-refractivity contribution < 1.29 is 5.11 Å². The monoisotopic (exact) mass is 184 g/mol. The van der Waals surface area contributed by atoms with Crippen molar-refractivity contribution in [2.45, 2.75) is 40.2 Å². The lowest BCUT2D eigenvalue weighted by Gasteiger charge is -1.97. The predicted octanol–water partition coefficient (Wildman–Crippen LogP) is 2.02. The number of rotatable bonds is 3. The van der Waals surface area contributed by atoms with Crippen LogP contribution in [0.4, 0.5) is 0 Å². The molecule has 0 radical (unpaired) electrons. The first-order valence-corrected chi connectivity index (χ1v) is 4.87. The summed E-state index contributed by atoms with van der Waals surface area (Å²) in [4.78, 5) is 0. The van der Waals surface area contributed by atoms with Gasteiger partial charge in [-0.1, -0.05) is 27.7 Å². The van der Waals surface area contributed by atoms with Gasteiger partial charge in [0.2, 0.25) is 0 Å². The molecule has 0 aliphatic carbocycles. The second-order valence-electron chi connectivity index (χ2n) is 2.92. The second kappa shape index (κ2) is 6.66. The SMILES string of the molecule is CC.CC(C)c1cnn(CCO)c1. The van der Waals surface area contributed by atoms with Crippen molar-refractivity contribution in [3.63, 3.8) is 0 Å². The molecule has 0 saturated carbocycles. The van der Waals surface area contributed by atoms with Crippen molar-refractivity contribution in [2.75, 3.05) is 6.61 Å². The van der Waals surface area contributed by atoms with Gasteiger partial charge >= 0.3 is 0 Å². The Balaban J connectivity index is 0.000000671. The van der Waals surface area contributed by atoms with Crippen molar-refractivity contribution in [1.29, 1.82) is 0 Å². The molecule has 0 atom stereocenters. The molecule has 1 rings (SSSR count). The van der Waals surface area contributed by atoms with E-state index in [9.17, 15) is 0 Å². The Morgan fingerprint density at radius 3 is 2.46 bits per heavy atom. The molecule has 0 aliphatic heterocycles. The van der Waals surface area contributed by atoms with E-state index < -0.39 is 0 Å². The topological polar surface area (TPSA) is 38.0 Å². The minimum absolute atomic E-state index is 0.152. The largest absolute Gasteiger partial charge is 0.394 e. The number of hydrogen-bond donors (Lipinski definition) is 1. The van der Waals surface area contributed by atoms with Crippen LogP contribution in [0.3, 0.4) is 0 Å². The quantitative estimate of drug-likeness (QED) is 0.780. The van der Waals surface area contributed by atoms with Gasteiger partial charge in [0.1, 0.15) is 0 Å². The smallest absolute Gasteiger partial charge is 0.0640 e. The van der Waals surface area contributed by atoms with Gasteiger partial charge < -0.3 is 5.11 Å². The van der Waals surface area contributed by atoms with Gasteiger partial charge in [-0.25, -0.2) is 0 Å². The van der Waals surface area contributed by atoms with Crippen LogP contribution in [0, 0.1) is 0 Å². The van der Waals surface area contributed by atoms with E-state index in [1.165, 1.54) is 5.56 Å². The van der Waals surface area contributed by atoms with Gasteiger partial charge in [0.15, 0.2) is 0 Å². The van der Waals surface area contributed by atoms with Crippen LogP contribution in [0.25, 0.3) is 0 Å². The van der Waals surface area contributed by atoms with Gasteiger partial charge in [-0.3, -0.25) is 4.68 Å². The molecule has 0 bridgehead atoms. The van der Waals surface area contributed by atoms with E-state index in [4.69, 9.17) is 5.11 Å². The normalized spacial score (nSPS) is 9.69. The first kappa shape index (κ1) is 12.2. The van der Waals surface area contributed by atoms with Gasteiger partial charge in [-0.2, -0.15) is 5.10 Å². The Labute approximate surface area is 80.4 Å². The molecule has 1 aromatic heterocycles. The van der Waals surface area contributed by atoms with Crippen LogP contribution in [0.5, 0.6) is 0 Å². The summed E-state index contributed by atoms with van der Waals surface area (Å²) in [6, 6.07) is 0. The first-order chi connectivity index (χ1) is 6.24. The van der Waals surface area contributed by atoms with Gasteiger partial charge in [0, 0.05) is 6.20 Å². The van der Waals surface area contributed by atoms with E-state index in [0.717, 1.165) is 0 Å². The standard InChI is InChI=1S/C8H14N2O.C2H6/c1-7(2)8-5-9-10(6-8)3-4-11;1-2/h5-7,11H,3-4H2,1-2H3;1-2H3. The van der Waals surface area contributed by atoms with Crippen molar-refractivity contribution in [1.82, 2.24) is 9.78 Å². The van der Waals surface area contributed by atoms with Crippen LogP contribution in [-0.2, 0) is 6.54 Å². The zero-order chi connectivity index (χ0) is 10.3. The van der Waals surface area contributed by atoms with E-state index in [1.807, 2.05) is 26.2 Å². The summed E-state index contributed by atoms with van der Waals surface area (Å²) in [6.45, 7) is 8.99. The van der Waals surface area contributed by atoms with Crippen LogP contribution in [0.2, 0.25) is 0 Å². The molecule has 0 spiro atoms. The first-order valence-electron chi connectivity index (χ1n) is 4.87. The Bertz CT molecular complexity index is 218. The molecule has 0 amide bonds. The molecular formula is C10H20N2O. The van der Waals surface area contributed by atoms with Gasteiger partial charge in [0.25, 0.3) is 0 Å². The highest BCUT2D eigenvalue weighted by Crippen LogP contribution is 2.11. The Kier molecular flexibility index (Phi) is 6.24. The van der Waals surface area contributed by atoms with E-state index in [1.54, 1.807) is 4.68 Å². The maximum Gasteiger partial charge on any atom is 0.0640 e. The van der Waals surface area contributed by atoms with E-state index >= 15 is 0 Å². The third-order valence-corrected chi connectivity index (χ3v) is 1.65. The lowest BCUT2D eigenvalue weighted by atomic mass is 10.1. The number of aliphatic hydroxyl groups excluding tert-OH is 1. The number of aliphatic hydroxyl groups is 1. The zero-order valence-electron chi connectivity index (χ0n) is 8.99. The van der Waals surface area contributed by atoms with Crippen LogP contribution in [0.1, 0.15) is 39.2 Å². The second-order valence-corrected chi connectivity index (χ2v) is 2.92. The van der Waals surface area contributed by atoms with Crippen LogP contribution in [-0.4, -0.2) is 21.5 Å². The molecule has 3 nitrogen and oxygen atoms in total. The molecular weight excluding hydrogens is 164 g/mol. The number of aromatic nitrogens is 2. The highest BCUT2D eigenvalue weighted by atomic mass is 16.3. The van der Waals surface area contributed by atoms with Gasteiger partial charge in [0.05, 0.1) is 19.3 Å². The predicted molar refractivity (Wildman–Crippen MR) is 54.7 cm³/mol. The molecule has 0 unspecified atom stereocenters. The highest BCUT2D eigenvalue weighted by Gasteiger charge is 2.01. The van der Waals surface area contributed by atoms with Crippen LogP contribution in [0.15, 0.2) is 12.4 Å². The van der Waals surface area contributed by atoms with Crippen molar-refractivity contribution in [3.8, 4) is 0 Å². The third-order valence-electron chi connectivity index (χ3n) is 1.65. The van der Waals surface area contributed by atoms with Gasteiger partial charge in [-0.05, 0) is 11.5 Å². The summed E-state index contributed by atoms with van der Waals surface area (Å²) in [5, 5.41) is 12.7. The molecule has 1 heterocycles. The minimum Gasteiger partial charge on any atom is -0.394 e. The molecule has 3 heteroatoms. The maximum absolute atomic E-state index is 8.61. The highest BCUT2D eigenvalue weighted by molar-refractivity contribution is 5.08. The summed E-state index contributed by atoms with van der Waals surface area (Å²) in [6.07, 6.45) is 3.82. The molecule has 1 N–H and O–H groups in total. The summed E-state index contributed by atoms with van der Waals surface area (Å²) in [5.41, 5.74) is 1.22. The number of hydrogen-bond acceptors (Lipinski definition) is 2. The lowest BCUT2D eigenvalue weighted by molar-refractivity contribution is 0.269. The zero-order valence-corrected chi connectivity index (χ0v) is 8.99. The molecule has 0 fully saturated rings. The molecule has 0 aliphatic rings. The molecule has 1 aromatic rings. The van der Waals surface area contributed by atoms with Crippen molar-refractivity contribution in [3.05, 3.63) is 18.0 Å². The fourth-order valence-electron chi connectivity index (χ4n) is 0.902. The van der Waals surface area contributed by atoms with Crippen LogP contribution < -0.4 is 0 Å². The average molecular weight is 184 g/mol. The third kappa shape index (κ3) is 4.08. The fourth-order valence-corrected chi connectivity index (χ4v) is 0.902. The van der Waals surface area contributed by atoms with Crippen molar-refractivity contribution in [2.24, 2.45) is 0 Å². The maximum atomic E-state index is 8.61. The summed E-state index contributed by atoms with van der Waals surface area (Å²) in [5.74, 6) is 0.516. The van der Waals surface area contributed by atoms with Crippen LogP contribution >= 0.6 is 0 Å². The summed E-state index contributed by atoms with van der Waals surface area (Å²) >= 11 is 0. The van der Waals surface area contributed by atoms with E-state index in [0.29, 0.717) is 12.5 Å². The Morgan fingerprint density at radius 1 is 1.46 bits per heavy atom. The van der Waals surface area contributed by atoms with E-state index in [-0.39, 0.29) is 6.61 Å². The molecule has 13 heavy (non-hydrogen) atoms. The molecule has 76 valence electrons. The van der Waals surface area contributed by atoms with Gasteiger partial charge in [-0.15, -0.1) is 0 Å². The molecule has 0 aromatic carbocycles. The minimum atomic E-state index is 0.152. The van der Waals surface area contributed by atoms with Crippen molar-refractivity contribution >= 4 is 0 Å². The number of nitrogens with zero attached hydrogens (tertiary/aromatic N) is 2.